The van der Waals surface area contributed by atoms with Gasteiger partial charge in [0.25, 0.3) is 10.0 Å². The Kier molecular flexibility index (Phi) is 7.11. The van der Waals surface area contributed by atoms with Gasteiger partial charge in [-0.3, -0.25) is 9.82 Å². The summed E-state index contributed by atoms with van der Waals surface area (Å²) in [5.41, 5.74) is 4.38. The summed E-state index contributed by atoms with van der Waals surface area (Å²) in [7, 11) is -3.87. The molecule has 0 aliphatic rings. The molecule has 0 aliphatic heterocycles. The molecule has 0 unspecified atom stereocenters. The van der Waals surface area contributed by atoms with E-state index >= 15 is 0 Å². The number of fused-ring (bicyclic) bond motifs is 1. The first kappa shape index (κ1) is 24.1. The van der Waals surface area contributed by atoms with Crippen LogP contribution in [-0.2, 0) is 16.4 Å². The van der Waals surface area contributed by atoms with Crippen LogP contribution in [0, 0.1) is 5.92 Å². The summed E-state index contributed by atoms with van der Waals surface area (Å²) in [6.07, 6.45) is 0.541. The number of nitrogens with one attached hydrogen (secondary N) is 3. The van der Waals surface area contributed by atoms with E-state index in [1.165, 1.54) is 0 Å². The van der Waals surface area contributed by atoms with E-state index in [4.69, 9.17) is 11.6 Å². The summed E-state index contributed by atoms with van der Waals surface area (Å²) in [6, 6.07) is 17.9. The number of benzene rings is 3. The van der Waals surface area contributed by atoms with Gasteiger partial charge in [0.15, 0.2) is 0 Å². The van der Waals surface area contributed by atoms with Crippen LogP contribution in [0.1, 0.15) is 19.4 Å². The molecule has 0 fully saturated rings. The topological polar surface area (TPSA) is 107 Å². The Morgan fingerprint density at radius 1 is 1.06 bits per heavy atom. The highest BCUT2D eigenvalue weighted by Gasteiger charge is 2.18. The first-order valence-electron chi connectivity index (χ1n) is 11.0. The lowest BCUT2D eigenvalue weighted by molar-refractivity contribution is 0.299. The Labute approximate surface area is 204 Å². The van der Waals surface area contributed by atoms with Crippen molar-refractivity contribution in [3.8, 4) is 11.1 Å². The van der Waals surface area contributed by atoms with Crippen LogP contribution in [0.5, 0.6) is 0 Å². The Morgan fingerprint density at radius 3 is 2.53 bits per heavy atom. The summed E-state index contributed by atoms with van der Waals surface area (Å²) in [5.74, 6) is 0.392. The van der Waals surface area contributed by atoms with Crippen LogP contribution < -0.4 is 10.0 Å². The van der Waals surface area contributed by atoms with Gasteiger partial charge in [0.1, 0.15) is 10.7 Å². The second kappa shape index (κ2) is 10.0. The summed E-state index contributed by atoms with van der Waals surface area (Å²) >= 11 is 6.25. The molecule has 9 heteroatoms. The van der Waals surface area contributed by atoms with E-state index in [9.17, 15) is 13.5 Å². The zero-order chi connectivity index (χ0) is 24.3. The van der Waals surface area contributed by atoms with Crippen molar-refractivity contribution < 1.29 is 13.5 Å². The highest BCUT2D eigenvalue weighted by Crippen LogP contribution is 2.32. The van der Waals surface area contributed by atoms with E-state index in [-0.39, 0.29) is 11.5 Å². The molecule has 0 spiro atoms. The molecule has 0 saturated carbocycles. The van der Waals surface area contributed by atoms with Crippen LogP contribution in [-0.4, -0.2) is 36.9 Å². The SMILES string of the molecule is CC(C)CNc1cc(NS(=O)(=O)c2cccc(-c3cccc(CCO)c3)c2)cc2c(Cl)[nH]nc12. The molecule has 0 aliphatic carbocycles. The molecule has 0 bridgehead atoms. The second-order valence-corrected chi connectivity index (χ2v) is 10.6. The molecule has 178 valence electrons. The molecule has 4 rings (SSSR count). The third-order valence-electron chi connectivity index (χ3n) is 5.37. The number of sulfonamides is 1. The summed E-state index contributed by atoms with van der Waals surface area (Å²) in [4.78, 5) is 0.146. The maximum Gasteiger partial charge on any atom is 0.261 e. The molecule has 0 saturated heterocycles. The molecule has 34 heavy (non-hydrogen) atoms. The number of hydrogen-bond acceptors (Lipinski definition) is 5. The van der Waals surface area contributed by atoms with Crippen LogP contribution in [0.4, 0.5) is 11.4 Å². The van der Waals surface area contributed by atoms with Gasteiger partial charge < -0.3 is 10.4 Å². The lowest BCUT2D eigenvalue weighted by Crippen LogP contribution is -2.14. The lowest BCUT2D eigenvalue weighted by Gasteiger charge is -2.14. The predicted octanol–water partition coefficient (Wildman–Crippen LogP) is 5.29. The predicted molar refractivity (Wildman–Crippen MR) is 138 cm³/mol. The van der Waals surface area contributed by atoms with Gasteiger partial charge in [-0.05, 0) is 53.3 Å². The summed E-state index contributed by atoms with van der Waals surface area (Å²) in [6.45, 7) is 4.93. The van der Waals surface area contributed by atoms with Gasteiger partial charge >= 0.3 is 0 Å². The standard InChI is InChI=1S/C25H27ClN4O3S/c1-16(2)15-27-23-14-20(13-22-24(23)28-29-25(22)26)30-34(32,33)21-8-4-7-19(12-21)18-6-3-5-17(11-18)9-10-31/h3-8,11-14,16,27,30-31H,9-10,15H2,1-2H3,(H,28,29). The van der Waals surface area contributed by atoms with Gasteiger partial charge in [0, 0.05) is 18.5 Å². The molecule has 3 aromatic carbocycles. The monoisotopic (exact) mass is 498 g/mol. The Morgan fingerprint density at radius 2 is 1.79 bits per heavy atom. The summed E-state index contributed by atoms with van der Waals surface area (Å²) < 4.78 is 29.2. The summed E-state index contributed by atoms with van der Waals surface area (Å²) in [5, 5.41) is 20.5. The molecule has 1 heterocycles. The van der Waals surface area contributed by atoms with Crippen molar-refractivity contribution >= 4 is 43.9 Å². The fourth-order valence-electron chi connectivity index (χ4n) is 3.69. The van der Waals surface area contributed by atoms with Crippen molar-refractivity contribution in [2.24, 2.45) is 5.92 Å². The van der Waals surface area contributed by atoms with Gasteiger partial charge in [0.05, 0.1) is 16.3 Å². The van der Waals surface area contributed by atoms with Gasteiger partial charge in [-0.25, -0.2) is 8.42 Å². The highest BCUT2D eigenvalue weighted by atomic mass is 35.5. The number of aromatic amines is 1. The smallest absolute Gasteiger partial charge is 0.261 e. The van der Waals surface area contributed by atoms with E-state index in [1.54, 1.807) is 30.3 Å². The molecule has 4 N–H and O–H groups in total. The Bertz CT molecular complexity index is 1420. The third-order valence-corrected chi connectivity index (χ3v) is 7.04. The fraction of sp³-hybridized carbons (Fsp3) is 0.240. The maximum atomic E-state index is 13.3. The molecule has 7 nitrogen and oxygen atoms in total. The largest absolute Gasteiger partial charge is 0.396 e. The normalized spacial score (nSPS) is 11.8. The Hall–Kier alpha value is -3.07. The highest BCUT2D eigenvalue weighted by molar-refractivity contribution is 7.92. The third kappa shape index (κ3) is 5.35. The van der Waals surface area contributed by atoms with Crippen molar-refractivity contribution in [3.63, 3.8) is 0 Å². The quantitative estimate of drug-likeness (QED) is 0.251. The second-order valence-electron chi connectivity index (χ2n) is 8.54. The number of halogens is 1. The molecule has 0 atom stereocenters. The van der Waals surface area contributed by atoms with Crippen LogP contribution in [0.2, 0.25) is 5.15 Å². The Balaban J connectivity index is 1.66. The molecule has 4 aromatic rings. The van der Waals surface area contributed by atoms with Crippen molar-refractivity contribution in [1.82, 2.24) is 10.2 Å². The minimum atomic E-state index is -3.87. The first-order chi connectivity index (χ1) is 16.3. The van der Waals surface area contributed by atoms with Crippen molar-refractivity contribution in [2.45, 2.75) is 25.2 Å². The van der Waals surface area contributed by atoms with Crippen LogP contribution in [0.25, 0.3) is 22.0 Å². The number of nitrogens with zero attached hydrogens (tertiary/aromatic N) is 1. The van der Waals surface area contributed by atoms with E-state index in [2.05, 4.69) is 34.1 Å². The van der Waals surface area contributed by atoms with Crippen LogP contribution >= 0.6 is 11.6 Å². The number of anilines is 2. The zero-order valence-corrected chi connectivity index (χ0v) is 20.5. The number of aromatic nitrogens is 2. The number of hydrogen-bond donors (Lipinski definition) is 4. The molecular formula is C25H27ClN4O3S. The van der Waals surface area contributed by atoms with Crippen molar-refractivity contribution in [1.29, 1.82) is 0 Å². The minimum absolute atomic E-state index is 0.0564. The van der Waals surface area contributed by atoms with Gasteiger partial charge in [0.2, 0.25) is 0 Å². The number of H-pyrrole nitrogens is 1. The molecule has 1 aromatic heterocycles. The average molecular weight is 499 g/mol. The number of aliphatic hydroxyl groups is 1. The van der Waals surface area contributed by atoms with E-state index in [0.717, 1.165) is 16.7 Å². The number of aliphatic hydroxyl groups excluding tert-OH is 1. The molecular weight excluding hydrogens is 472 g/mol. The van der Waals surface area contributed by atoms with E-state index in [1.807, 2.05) is 30.3 Å². The van der Waals surface area contributed by atoms with Crippen LogP contribution in [0.15, 0.2) is 65.6 Å². The maximum absolute atomic E-state index is 13.3. The first-order valence-corrected chi connectivity index (χ1v) is 12.9. The average Bonchev–Trinajstić information content (AvgIpc) is 3.18. The number of rotatable bonds is 9. The van der Waals surface area contributed by atoms with Crippen LogP contribution in [0.3, 0.4) is 0 Å². The van der Waals surface area contributed by atoms with Crippen molar-refractivity contribution in [2.75, 3.05) is 23.2 Å². The fourth-order valence-corrected chi connectivity index (χ4v) is 4.96. The van der Waals surface area contributed by atoms with Gasteiger partial charge in [-0.1, -0.05) is 61.8 Å². The zero-order valence-electron chi connectivity index (χ0n) is 19.0. The molecule has 0 amide bonds. The minimum Gasteiger partial charge on any atom is -0.396 e. The van der Waals surface area contributed by atoms with E-state index < -0.39 is 10.0 Å². The lowest BCUT2D eigenvalue weighted by atomic mass is 10.0. The molecule has 0 radical (unpaired) electrons. The van der Waals surface area contributed by atoms with E-state index in [0.29, 0.717) is 46.3 Å². The van der Waals surface area contributed by atoms with Gasteiger partial charge in [-0.2, -0.15) is 5.10 Å². The van der Waals surface area contributed by atoms with Crippen molar-refractivity contribution in [3.05, 3.63) is 71.4 Å². The van der Waals surface area contributed by atoms with Gasteiger partial charge in [-0.15, -0.1) is 0 Å².